The molecule has 2 aromatic rings. The molecule has 1 N–H and O–H groups in total. The maximum absolute atomic E-state index is 12.1. The highest BCUT2D eigenvalue weighted by Crippen LogP contribution is 2.05. The van der Waals surface area contributed by atoms with Gasteiger partial charge in [-0.05, 0) is 19.1 Å². The quantitative estimate of drug-likeness (QED) is 0.903. The van der Waals surface area contributed by atoms with E-state index in [2.05, 4.69) is 5.32 Å². The molecule has 0 unspecified atom stereocenters. The van der Waals surface area contributed by atoms with Gasteiger partial charge in [-0.2, -0.15) is 0 Å². The number of carbonyl (C=O) groups excluding carboxylic acids is 2. The van der Waals surface area contributed by atoms with Crippen LogP contribution in [0.25, 0.3) is 0 Å². The van der Waals surface area contributed by atoms with Crippen LogP contribution >= 0.6 is 11.3 Å². The van der Waals surface area contributed by atoms with Crippen molar-refractivity contribution in [3.8, 4) is 0 Å². The largest absolute Gasteiger partial charge is 0.335 e. The number of amides is 2. The van der Waals surface area contributed by atoms with Crippen LogP contribution in [0.15, 0.2) is 40.5 Å². The Labute approximate surface area is 132 Å². The van der Waals surface area contributed by atoms with Crippen LogP contribution in [0.3, 0.4) is 0 Å². The Morgan fingerprint density at radius 2 is 1.95 bits per heavy atom. The molecule has 1 heterocycles. The summed E-state index contributed by atoms with van der Waals surface area (Å²) in [6, 6.07) is 9.03. The lowest BCUT2D eigenvalue weighted by atomic mass is 10.3. The molecule has 0 saturated carbocycles. The number of carbonyl (C=O) groups is 2. The predicted molar refractivity (Wildman–Crippen MR) is 86.0 cm³/mol. The van der Waals surface area contributed by atoms with Gasteiger partial charge in [0.15, 0.2) is 0 Å². The first-order valence-electron chi connectivity index (χ1n) is 6.71. The van der Waals surface area contributed by atoms with Crippen LogP contribution in [0.4, 0.5) is 5.69 Å². The van der Waals surface area contributed by atoms with Gasteiger partial charge in [-0.15, -0.1) is 0 Å². The molecule has 0 aliphatic heterocycles. The molecule has 0 saturated heterocycles. The Bertz CT molecular complexity index is 721. The van der Waals surface area contributed by atoms with Crippen molar-refractivity contribution in [3.05, 3.63) is 51.1 Å². The molecule has 7 heteroatoms. The molecule has 1 aromatic heterocycles. The highest BCUT2D eigenvalue weighted by Gasteiger charge is 2.15. The standard InChI is InChI=1S/C15H17N3O3S/c1-11-10-22-15(21)18(11)9-14(20)17(2)8-13(19)16-12-6-4-3-5-7-12/h3-7,10H,8-9H2,1-2H3,(H,16,19). The van der Waals surface area contributed by atoms with Gasteiger partial charge in [-0.25, -0.2) is 0 Å². The molecule has 116 valence electrons. The monoisotopic (exact) mass is 319 g/mol. The number of thiazole rings is 1. The molecule has 0 spiro atoms. The Hall–Kier alpha value is -2.41. The number of aromatic nitrogens is 1. The van der Waals surface area contributed by atoms with Gasteiger partial charge in [0.05, 0.1) is 6.54 Å². The summed E-state index contributed by atoms with van der Waals surface area (Å²) in [7, 11) is 1.54. The Morgan fingerprint density at radius 3 is 2.55 bits per heavy atom. The second kappa shape index (κ2) is 7.04. The number of hydrogen-bond donors (Lipinski definition) is 1. The number of benzene rings is 1. The fourth-order valence-corrected chi connectivity index (χ4v) is 2.61. The van der Waals surface area contributed by atoms with E-state index in [9.17, 15) is 14.4 Å². The van der Waals surface area contributed by atoms with Gasteiger partial charge in [0, 0.05) is 23.8 Å². The Balaban J connectivity index is 1.91. The number of anilines is 1. The lowest BCUT2D eigenvalue weighted by Crippen LogP contribution is -2.38. The van der Waals surface area contributed by atoms with Gasteiger partial charge in [0.2, 0.25) is 11.8 Å². The van der Waals surface area contributed by atoms with E-state index in [1.807, 2.05) is 18.2 Å². The maximum atomic E-state index is 12.1. The SMILES string of the molecule is Cc1csc(=O)n1CC(=O)N(C)CC(=O)Nc1ccccc1. The molecule has 22 heavy (non-hydrogen) atoms. The van der Waals surface area contributed by atoms with Crippen LogP contribution < -0.4 is 10.2 Å². The number of nitrogens with one attached hydrogen (secondary N) is 1. The summed E-state index contributed by atoms with van der Waals surface area (Å²) in [5.41, 5.74) is 1.42. The lowest BCUT2D eigenvalue weighted by Gasteiger charge is -2.17. The van der Waals surface area contributed by atoms with Crippen molar-refractivity contribution < 1.29 is 9.59 Å². The highest BCUT2D eigenvalue weighted by molar-refractivity contribution is 7.07. The summed E-state index contributed by atoms with van der Waals surface area (Å²) < 4.78 is 1.40. The van der Waals surface area contributed by atoms with E-state index >= 15 is 0 Å². The zero-order valence-electron chi connectivity index (χ0n) is 12.4. The maximum Gasteiger partial charge on any atom is 0.307 e. The summed E-state index contributed by atoms with van der Waals surface area (Å²) in [4.78, 5) is 36.7. The van der Waals surface area contributed by atoms with Crippen LogP contribution in [-0.2, 0) is 16.1 Å². The van der Waals surface area contributed by atoms with E-state index < -0.39 is 0 Å². The van der Waals surface area contributed by atoms with E-state index in [1.165, 1.54) is 9.47 Å². The van der Waals surface area contributed by atoms with Gasteiger partial charge >= 0.3 is 4.87 Å². The first kappa shape index (κ1) is 16.0. The van der Waals surface area contributed by atoms with Crippen LogP contribution in [0.2, 0.25) is 0 Å². The average molecular weight is 319 g/mol. The zero-order chi connectivity index (χ0) is 16.1. The third kappa shape index (κ3) is 4.05. The third-order valence-electron chi connectivity index (χ3n) is 3.13. The highest BCUT2D eigenvalue weighted by atomic mass is 32.1. The van der Waals surface area contributed by atoms with Gasteiger partial charge in [-0.1, -0.05) is 29.5 Å². The Morgan fingerprint density at radius 1 is 1.27 bits per heavy atom. The van der Waals surface area contributed by atoms with Gasteiger partial charge < -0.3 is 10.2 Å². The molecule has 0 aliphatic carbocycles. The number of rotatable bonds is 5. The number of hydrogen-bond acceptors (Lipinski definition) is 4. The molecule has 0 aliphatic rings. The fraction of sp³-hybridized carbons (Fsp3) is 0.267. The summed E-state index contributed by atoms with van der Waals surface area (Å²) in [6.07, 6.45) is 0. The minimum atomic E-state index is -0.285. The molecular weight excluding hydrogens is 302 g/mol. The fourth-order valence-electron chi connectivity index (χ4n) is 1.88. The van der Waals surface area contributed by atoms with Crippen molar-refractivity contribution in [3.63, 3.8) is 0 Å². The minimum absolute atomic E-state index is 0.0523. The summed E-state index contributed by atoms with van der Waals surface area (Å²) in [5, 5.41) is 4.42. The first-order valence-corrected chi connectivity index (χ1v) is 7.59. The molecule has 0 fully saturated rings. The van der Waals surface area contributed by atoms with Crippen molar-refractivity contribution in [2.24, 2.45) is 0 Å². The van der Waals surface area contributed by atoms with Crippen molar-refractivity contribution in [2.75, 3.05) is 18.9 Å². The predicted octanol–water partition coefficient (Wildman–Crippen LogP) is 1.32. The van der Waals surface area contributed by atoms with Gasteiger partial charge in [0.1, 0.15) is 6.54 Å². The van der Waals surface area contributed by atoms with E-state index in [4.69, 9.17) is 0 Å². The van der Waals surface area contributed by atoms with E-state index in [0.717, 1.165) is 17.0 Å². The van der Waals surface area contributed by atoms with Crippen LogP contribution in [0.5, 0.6) is 0 Å². The van der Waals surface area contributed by atoms with Crippen molar-refractivity contribution in [1.82, 2.24) is 9.47 Å². The first-order chi connectivity index (χ1) is 10.5. The molecular formula is C15H17N3O3S. The van der Waals surface area contributed by atoms with Crippen molar-refractivity contribution in [1.29, 1.82) is 0 Å². The van der Waals surface area contributed by atoms with Crippen molar-refractivity contribution >= 4 is 28.8 Å². The number of aryl methyl sites for hydroxylation is 1. The second-order valence-corrected chi connectivity index (χ2v) is 5.71. The van der Waals surface area contributed by atoms with Crippen LogP contribution in [0, 0.1) is 6.92 Å². The summed E-state index contributed by atoms with van der Waals surface area (Å²) in [5.74, 6) is -0.566. The molecule has 2 amide bonds. The van der Waals surface area contributed by atoms with Gasteiger partial charge in [0.25, 0.3) is 0 Å². The molecule has 0 bridgehead atoms. The minimum Gasteiger partial charge on any atom is -0.335 e. The summed E-state index contributed by atoms with van der Waals surface area (Å²) >= 11 is 1.06. The Kier molecular flexibility index (Phi) is 5.11. The number of para-hydroxylation sites is 1. The van der Waals surface area contributed by atoms with Crippen LogP contribution in [0.1, 0.15) is 5.69 Å². The normalized spacial score (nSPS) is 10.3. The third-order valence-corrected chi connectivity index (χ3v) is 4.01. The molecule has 2 rings (SSSR count). The topological polar surface area (TPSA) is 71.4 Å². The molecule has 1 aromatic carbocycles. The molecule has 0 atom stereocenters. The van der Waals surface area contributed by atoms with Crippen LogP contribution in [-0.4, -0.2) is 34.9 Å². The summed E-state index contributed by atoms with van der Waals surface area (Å²) in [6.45, 7) is 1.65. The molecule has 6 nitrogen and oxygen atoms in total. The van der Waals surface area contributed by atoms with Crippen molar-refractivity contribution in [2.45, 2.75) is 13.5 Å². The smallest absolute Gasteiger partial charge is 0.307 e. The van der Waals surface area contributed by atoms with E-state index in [-0.39, 0.29) is 29.8 Å². The number of nitrogens with zero attached hydrogens (tertiary/aromatic N) is 2. The lowest BCUT2D eigenvalue weighted by molar-refractivity contribution is -0.133. The number of likely N-dealkylation sites (N-methyl/N-ethyl adjacent to an activating group) is 1. The zero-order valence-corrected chi connectivity index (χ0v) is 13.2. The van der Waals surface area contributed by atoms with E-state index in [1.54, 1.807) is 31.5 Å². The van der Waals surface area contributed by atoms with Gasteiger partial charge in [-0.3, -0.25) is 19.0 Å². The average Bonchev–Trinajstić information content (AvgIpc) is 2.80. The molecule has 0 radical (unpaired) electrons. The van der Waals surface area contributed by atoms with E-state index in [0.29, 0.717) is 5.69 Å². The second-order valence-electron chi connectivity index (χ2n) is 4.89.